The Bertz CT molecular complexity index is 122. The van der Waals surface area contributed by atoms with Crippen LogP contribution in [0.4, 0.5) is 0 Å². The van der Waals surface area contributed by atoms with Crippen LogP contribution < -0.4 is 0 Å². The van der Waals surface area contributed by atoms with Crippen LogP contribution in [-0.4, -0.2) is 40.8 Å². The van der Waals surface area contributed by atoms with Crippen molar-refractivity contribution in [2.75, 3.05) is 40.8 Å². The Balaban J connectivity index is -0.0000000719. The molecule has 0 saturated carbocycles. The topological polar surface area (TPSA) is 42.3 Å². The monoisotopic (exact) mass is 419 g/mol. The molecular weight excluding hydrogens is 389 g/mol. The third kappa shape index (κ3) is 55.6. The van der Waals surface area contributed by atoms with Gasteiger partial charge >= 0.3 is 25.8 Å². The summed E-state index contributed by atoms with van der Waals surface area (Å²) in [4.78, 5) is 0. The molecule has 3 nitrogen and oxygen atoms in total. The third-order valence-corrected chi connectivity index (χ3v) is 1.53. The second-order valence-electron chi connectivity index (χ2n) is 2.90. The number of hydrogen-bond donors (Lipinski definition) is 0. The van der Waals surface area contributed by atoms with Crippen LogP contribution in [0.5, 0.6) is 0 Å². The first-order valence-electron chi connectivity index (χ1n) is 6.13. The van der Waals surface area contributed by atoms with Crippen LogP contribution in [-0.2, 0) is 25.8 Å². The van der Waals surface area contributed by atoms with Crippen molar-refractivity contribution in [3.63, 3.8) is 0 Å². The van der Waals surface area contributed by atoms with E-state index in [1.54, 1.807) is 21.1 Å². The van der Waals surface area contributed by atoms with Crippen LogP contribution in [0.25, 0.3) is 16.0 Å². The first-order chi connectivity index (χ1) is 8.24. The molecule has 1 aliphatic rings. The summed E-state index contributed by atoms with van der Waals surface area (Å²) < 4.78 is 0. The molecule has 4 heteroatoms. The Labute approximate surface area is 134 Å². The summed E-state index contributed by atoms with van der Waals surface area (Å²) in [6, 6.07) is 0. The molecule has 0 spiro atoms. The van der Waals surface area contributed by atoms with Crippen molar-refractivity contribution in [3.8, 4) is 0 Å². The molecule has 0 radical (unpaired) electrons. The molecule has 1 aliphatic carbocycles. The van der Waals surface area contributed by atoms with E-state index in [9.17, 15) is 0 Å². The quantitative estimate of drug-likeness (QED) is 0.484. The molecule has 18 heavy (non-hydrogen) atoms. The molecule has 0 fully saturated rings. The number of nitrogens with zero attached hydrogens (tertiary/aromatic N) is 3. The minimum absolute atomic E-state index is 0. The van der Waals surface area contributed by atoms with Gasteiger partial charge in [-0.3, -0.25) is 6.08 Å². The minimum Gasteiger partial charge on any atom is -0.665 e. The number of hydrogen-bond acceptors (Lipinski definition) is 0. The van der Waals surface area contributed by atoms with Gasteiger partial charge in [0.2, 0.25) is 0 Å². The van der Waals surface area contributed by atoms with Crippen molar-refractivity contribution in [1.29, 1.82) is 0 Å². The molecule has 104 valence electrons. The van der Waals surface area contributed by atoms with E-state index in [-0.39, 0.29) is 25.8 Å². The molecule has 1 rings (SSSR count). The molecular formula is C14H29HfN3. The van der Waals surface area contributed by atoms with E-state index < -0.39 is 0 Å². The maximum atomic E-state index is 3.74. The standard InChI is InChI=1S/C5H5.3C3H8N.Hf/c1-2-4-5-3-1;3*1-3-4-2;/h1-3H,4H2;3*3H2,1-2H3;/q4*-1;+4. The summed E-state index contributed by atoms with van der Waals surface area (Å²) in [5.41, 5.74) is 0. The van der Waals surface area contributed by atoms with Gasteiger partial charge in [0, 0.05) is 0 Å². The van der Waals surface area contributed by atoms with Gasteiger partial charge in [0.1, 0.15) is 0 Å². The van der Waals surface area contributed by atoms with E-state index in [2.05, 4.69) is 28.1 Å². The van der Waals surface area contributed by atoms with E-state index >= 15 is 0 Å². The zero-order valence-electron chi connectivity index (χ0n) is 12.9. The molecule has 0 unspecified atom stereocenters. The summed E-state index contributed by atoms with van der Waals surface area (Å²) in [6.07, 6.45) is 10.0. The number of allylic oxidation sites excluding steroid dienone is 4. The summed E-state index contributed by atoms with van der Waals surface area (Å²) in [6.45, 7) is 8.88. The molecule has 0 atom stereocenters. The zero-order chi connectivity index (χ0) is 13.8. The first kappa shape index (κ1) is 26.7. The van der Waals surface area contributed by atoms with Crippen LogP contribution in [0.3, 0.4) is 0 Å². The fourth-order valence-electron chi connectivity index (χ4n) is 0.340. The Morgan fingerprint density at radius 1 is 0.889 bits per heavy atom. The Kier molecular flexibility index (Phi) is 53.4. The van der Waals surface area contributed by atoms with Crippen molar-refractivity contribution >= 4 is 0 Å². The first-order valence-corrected chi connectivity index (χ1v) is 6.13. The van der Waals surface area contributed by atoms with Gasteiger partial charge in [0.15, 0.2) is 0 Å². The Hall–Kier alpha value is 0.230. The Morgan fingerprint density at radius 2 is 1.22 bits per heavy atom. The van der Waals surface area contributed by atoms with Gasteiger partial charge in [0.25, 0.3) is 0 Å². The summed E-state index contributed by atoms with van der Waals surface area (Å²) in [5.74, 6) is 0. The Morgan fingerprint density at radius 3 is 1.28 bits per heavy atom. The molecule has 0 N–H and O–H groups in total. The average molecular weight is 418 g/mol. The van der Waals surface area contributed by atoms with Crippen LogP contribution in [0.1, 0.15) is 27.2 Å². The van der Waals surface area contributed by atoms with Crippen molar-refractivity contribution in [2.24, 2.45) is 0 Å². The van der Waals surface area contributed by atoms with Crippen LogP contribution in [0, 0.1) is 6.08 Å². The van der Waals surface area contributed by atoms with Gasteiger partial charge in [0.05, 0.1) is 0 Å². The summed E-state index contributed by atoms with van der Waals surface area (Å²) in [5, 5.41) is 11.2. The maximum Gasteiger partial charge on any atom is 4.00 e. The van der Waals surface area contributed by atoms with Crippen LogP contribution >= 0.6 is 0 Å². The van der Waals surface area contributed by atoms with Gasteiger partial charge in [-0.25, -0.2) is 12.2 Å². The van der Waals surface area contributed by atoms with Crippen LogP contribution in [0.15, 0.2) is 18.2 Å². The van der Waals surface area contributed by atoms with Crippen molar-refractivity contribution < 1.29 is 25.8 Å². The van der Waals surface area contributed by atoms with Gasteiger partial charge < -0.3 is 16.0 Å². The second kappa shape index (κ2) is 36.0. The molecule has 0 aromatic carbocycles. The van der Waals surface area contributed by atoms with Gasteiger partial charge in [-0.05, 0) is 0 Å². The van der Waals surface area contributed by atoms with E-state index in [1.165, 1.54) is 0 Å². The van der Waals surface area contributed by atoms with E-state index in [4.69, 9.17) is 0 Å². The molecule has 0 saturated heterocycles. The predicted molar refractivity (Wildman–Crippen MR) is 81.0 cm³/mol. The normalized spacial score (nSPS) is 9.89. The van der Waals surface area contributed by atoms with Gasteiger partial charge in [-0.2, -0.15) is 46.9 Å². The van der Waals surface area contributed by atoms with E-state index in [0.29, 0.717) is 0 Å². The van der Waals surface area contributed by atoms with Gasteiger partial charge in [-0.15, -0.1) is 6.42 Å². The molecule has 0 amide bonds. The smallest absolute Gasteiger partial charge is 0.665 e. The van der Waals surface area contributed by atoms with Gasteiger partial charge in [-0.1, -0.05) is 20.8 Å². The SMILES string of the molecule is CC[N-]C.CC[N-]C.CC[N-]C.[C-]1=CC=CC1.[Hf+4]. The van der Waals surface area contributed by atoms with Crippen LogP contribution in [0.2, 0.25) is 0 Å². The molecule has 0 aromatic rings. The van der Waals surface area contributed by atoms with Crippen molar-refractivity contribution in [1.82, 2.24) is 0 Å². The second-order valence-corrected chi connectivity index (χ2v) is 2.90. The number of rotatable bonds is 3. The third-order valence-electron chi connectivity index (χ3n) is 1.53. The maximum absolute atomic E-state index is 3.74. The predicted octanol–water partition coefficient (Wildman–Crippen LogP) is 4.33. The fraction of sp³-hybridized carbons (Fsp3) is 0.714. The summed E-state index contributed by atoms with van der Waals surface area (Å²) >= 11 is 0. The van der Waals surface area contributed by atoms with Crippen molar-refractivity contribution in [3.05, 3.63) is 40.3 Å². The summed E-state index contributed by atoms with van der Waals surface area (Å²) in [7, 11) is 5.42. The average Bonchev–Trinajstić information content (AvgIpc) is 2.98. The zero-order valence-corrected chi connectivity index (χ0v) is 16.5. The minimum atomic E-state index is 0. The largest absolute Gasteiger partial charge is 4.00 e. The molecule has 0 heterocycles. The molecule has 0 aromatic heterocycles. The fourth-order valence-corrected chi connectivity index (χ4v) is 0.340. The van der Waals surface area contributed by atoms with Crippen molar-refractivity contribution in [2.45, 2.75) is 27.2 Å². The van der Waals surface area contributed by atoms with E-state index in [0.717, 1.165) is 26.1 Å². The van der Waals surface area contributed by atoms with E-state index in [1.807, 2.05) is 32.9 Å². The molecule has 0 aliphatic heterocycles. The molecule has 0 bridgehead atoms.